The van der Waals surface area contributed by atoms with Crippen molar-refractivity contribution in [3.8, 4) is 0 Å². The van der Waals surface area contributed by atoms with Gasteiger partial charge in [0.1, 0.15) is 5.78 Å². The van der Waals surface area contributed by atoms with Crippen molar-refractivity contribution < 1.29 is 9.53 Å². The van der Waals surface area contributed by atoms with E-state index in [-0.39, 0.29) is 11.9 Å². The number of ketones is 1. The predicted octanol–water partition coefficient (Wildman–Crippen LogP) is 3.46. The van der Waals surface area contributed by atoms with Crippen LogP contribution in [0, 0.1) is 0 Å². The third-order valence-electron chi connectivity index (χ3n) is 2.63. The number of unbranched alkanes of at least 4 members (excludes halogenated alkanes) is 1. The lowest BCUT2D eigenvalue weighted by atomic mass is 10.1. The third-order valence-corrected chi connectivity index (χ3v) is 3.56. The van der Waals surface area contributed by atoms with E-state index in [9.17, 15) is 4.79 Å². The molecule has 0 saturated carbocycles. The van der Waals surface area contributed by atoms with Crippen LogP contribution < -0.4 is 0 Å². The molecule has 1 heterocycles. The second-order valence-electron chi connectivity index (χ2n) is 4.09. The summed E-state index contributed by atoms with van der Waals surface area (Å²) in [5, 5.41) is 2.11. The minimum Gasteiger partial charge on any atom is -0.381 e. The van der Waals surface area contributed by atoms with E-state index in [4.69, 9.17) is 4.74 Å². The molecule has 0 spiro atoms. The Labute approximate surface area is 102 Å². The van der Waals surface area contributed by atoms with Gasteiger partial charge in [0, 0.05) is 18.4 Å². The van der Waals surface area contributed by atoms with Crippen LogP contribution >= 0.6 is 11.3 Å². The zero-order chi connectivity index (χ0) is 11.8. The highest BCUT2D eigenvalue weighted by molar-refractivity contribution is 7.09. The van der Waals surface area contributed by atoms with Crippen molar-refractivity contribution in [1.82, 2.24) is 0 Å². The van der Waals surface area contributed by atoms with E-state index in [1.54, 1.807) is 14.0 Å². The van der Waals surface area contributed by atoms with E-state index in [0.29, 0.717) is 6.42 Å². The summed E-state index contributed by atoms with van der Waals surface area (Å²) in [5.41, 5.74) is 0. The van der Waals surface area contributed by atoms with Crippen molar-refractivity contribution in [2.24, 2.45) is 0 Å². The standard InChI is InChI=1S/C13H20O2S/c1-11(14)10-12(15-2)6-3-4-7-13-8-5-9-16-13/h5,8-9,12H,3-4,6-7,10H2,1-2H3. The van der Waals surface area contributed by atoms with Gasteiger partial charge in [-0.25, -0.2) is 0 Å². The Morgan fingerprint density at radius 1 is 1.50 bits per heavy atom. The first kappa shape index (κ1) is 13.4. The van der Waals surface area contributed by atoms with E-state index in [1.165, 1.54) is 11.3 Å². The molecule has 1 aromatic rings. The minimum absolute atomic E-state index is 0.112. The Hall–Kier alpha value is -0.670. The van der Waals surface area contributed by atoms with Crippen molar-refractivity contribution in [3.05, 3.63) is 22.4 Å². The first-order valence-electron chi connectivity index (χ1n) is 5.77. The summed E-state index contributed by atoms with van der Waals surface area (Å²) in [6, 6.07) is 4.27. The van der Waals surface area contributed by atoms with Crippen LogP contribution in [0.4, 0.5) is 0 Å². The molecule has 3 heteroatoms. The van der Waals surface area contributed by atoms with Gasteiger partial charge in [-0.3, -0.25) is 4.79 Å². The maximum atomic E-state index is 11.0. The molecule has 0 saturated heterocycles. The van der Waals surface area contributed by atoms with E-state index in [2.05, 4.69) is 17.5 Å². The first-order chi connectivity index (χ1) is 7.72. The van der Waals surface area contributed by atoms with Gasteiger partial charge in [-0.1, -0.05) is 12.5 Å². The number of thiophene rings is 1. The summed E-state index contributed by atoms with van der Waals surface area (Å²) in [4.78, 5) is 12.4. The largest absolute Gasteiger partial charge is 0.381 e. The molecule has 1 atom stereocenters. The topological polar surface area (TPSA) is 26.3 Å². The molecule has 0 fully saturated rings. The fourth-order valence-electron chi connectivity index (χ4n) is 1.75. The van der Waals surface area contributed by atoms with Crippen LogP contribution in [0.25, 0.3) is 0 Å². The summed E-state index contributed by atoms with van der Waals surface area (Å²) in [5.74, 6) is 0.213. The zero-order valence-electron chi connectivity index (χ0n) is 10.1. The van der Waals surface area contributed by atoms with Gasteiger partial charge in [0.05, 0.1) is 6.10 Å². The molecule has 0 radical (unpaired) electrons. The molecule has 16 heavy (non-hydrogen) atoms. The monoisotopic (exact) mass is 240 g/mol. The van der Waals surface area contributed by atoms with E-state index < -0.39 is 0 Å². The number of carbonyl (C=O) groups is 1. The molecule has 90 valence electrons. The highest BCUT2D eigenvalue weighted by Crippen LogP contribution is 2.15. The second-order valence-corrected chi connectivity index (χ2v) is 5.12. The summed E-state index contributed by atoms with van der Waals surface area (Å²) in [6.45, 7) is 1.62. The van der Waals surface area contributed by atoms with Gasteiger partial charge >= 0.3 is 0 Å². The molecular weight excluding hydrogens is 220 g/mol. The smallest absolute Gasteiger partial charge is 0.132 e. The molecule has 0 aromatic carbocycles. The number of hydrogen-bond donors (Lipinski definition) is 0. The first-order valence-corrected chi connectivity index (χ1v) is 6.65. The summed E-state index contributed by atoms with van der Waals surface area (Å²) in [7, 11) is 1.69. The Morgan fingerprint density at radius 2 is 2.31 bits per heavy atom. The highest BCUT2D eigenvalue weighted by Gasteiger charge is 2.09. The van der Waals surface area contributed by atoms with Crippen molar-refractivity contribution in [3.63, 3.8) is 0 Å². The average molecular weight is 240 g/mol. The summed E-state index contributed by atoms with van der Waals surface area (Å²) < 4.78 is 5.28. The van der Waals surface area contributed by atoms with Crippen molar-refractivity contribution in [2.75, 3.05) is 7.11 Å². The predicted molar refractivity (Wildman–Crippen MR) is 68.0 cm³/mol. The Morgan fingerprint density at radius 3 is 2.88 bits per heavy atom. The number of rotatable bonds is 8. The maximum absolute atomic E-state index is 11.0. The molecule has 0 aliphatic rings. The minimum atomic E-state index is 0.112. The fraction of sp³-hybridized carbons (Fsp3) is 0.615. The number of carbonyl (C=O) groups excluding carboxylic acids is 1. The molecule has 1 unspecified atom stereocenters. The molecule has 0 aliphatic carbocycles. The number of aryl methyl sites for hydroxylation is 1. The molecular formula is C13H20O2S. The van der Waals surface area contributed by atoms with E-state index in [0.717, 1.165) is 19.3 Å². The maximum Gasteiger partial charge on any atom is 0.132 e. The lowest BCUT2D eigenvalue weighted by molar-refractivity contribution is -0.119. The van der Waals surface area contributed by atoms with Gasteiger partial charge in [0.2, 0.25) is 0 Å². The van der Waals surface area contributed by atoms with Gasteiger partial charge < -0.3 is 4.74 Å². The highest BCUT2D eigenvalue weighted by atomic mass is 32.1. The quantitative estimate of drug-likeness (QED) is 0.650. The number of methoxy groups -OCH3 is 1. The van der Waals surface area contributed by atoms with Crippen molar-refractivity contribution in [2.45, 2.75) is 45.1 Å². The average Bonchev–Trinajstić information content (AvgIpc) is 2.74. The Kier molecular flexibility index (Phi) is 6.34. The van der Waals surface area contributed by atoms with Crippen LogP contribution in [0.2, 0.25) is 0 Å². The van der Waals surface area contributed by atoms with Crippen LogP contribution in [-0.4, -0.2) is 19.0 Å². The van der Waals surface area contributed by atoms with Gasteiger partial charge in [-0.05, 0) is 37.6 Å². The summed E-state index contributed by atoms with van der Waals surface area (Å²) in [6.07, 6.45) is 5.11. The lowest BCUT2D eigenvalue weighted by Crippen LogP contribution is -2.14. The SMILES string of the molecule is COC(CCCCc1cccs1)CC(C)=O. The lowest BCUT2D eigenvalue weighted by Gasteiger charge is -2.12. The van der Waals surface area contributed by atoms with Gasteiger partial charge in [-0.15, -0.1) is 11.3 Å². The molecule has 2 nitrogen and oxygen atoms in total. The van der Waals surface area contributed by atoms with Crippen LogP contribution in [0.15, 0.2) is 17.5 Å². The fourth-order valence-corrected chi connectivity index (χ4v) is 2.50. The number of hydrogen-bond acceptors (Lipinski definition) is 3. The van der Waals surface area contributed by atoms with E-state index in [1.807, 2.05) is 11.3 Å². The summed E-state index contributed by atoms with van der Waals surface area (Å²) >= 11 is 1.81. The molecule has 0 N–H and O–H groups in total. The third kappa shape index (κ3) is 5.42. The van der Waals surface area contributed by atoms with Crippen LogP contribution in [0.3, 0.4) is 0 Å². The van der Waals surface area contributed by atoms with Gasteiger partial charge in [0.15, 0.2) is 0 Å². The zero-order valence-corrected chi connectivity index (χ0v) is 10.9. The van der Waals surface area contributed by atoms with Gasteiger partial charge in [-0.2, -0.15) is 0 Å². The normalized spacial score (nSPS) is 12.6. The second kappa shape index (κ2) is 7.58. The van der Waals surface area contributed by atoms with Gasteiger partial charge in [0.25, 0.3) is 0 Å². The van der Waals surface area contributed by atoms with Crippen LogP contribution in [0.5, 0.6) is 0 Å². The Bertz CT molecular complexity index is 293. The molecule has 1 rings (SSSR count). The number of ether oxygens (including phenoxy) is 1. The molecule has 0 aliphatic heterocycles. The number of Topliss-reactive ketones (excluding diaryl/α,β-unsaturated/α-hetero) is 1. The Balaban J connectivity index is 2.11. The molecule has 0 bridgehead atoms. The van der Waals surface area contributed by atoms with Crippen LogP contribution in [0.1, 0.15) is 37.5 Å². The van der Waals surface area contributed by atoms with Crippen molar-refractivity contribution >= 4 is 17.1 Å². The molecule has 1 aromatic heterocycles. The van der Waals surface area contributed by atoms with Crippen molar-refractivity contribution in [1.29, 1.82) is 0 Å². The van der Waals surface area contributed by atoms with E-state index >= 15 is 0 Å². The molecule has 0 amide bonds. The van der Waals surface area contributed by atoms with Crippen LogP contribution in [-0.2, 0) is 16.0 Å².